The number of aryl methyl sites for hydroxylation is 1. The minimum atomic E-state index is -0.129. The van der Waals surface area contributed by atoms with Gasteiger partial charge < -0.3 is 24.8 Å². The number of phenolic OH excluding ortho intramolecular Hbond substituents is 1. The van der Waals surface area contributed by atoms with E-state index in [0.29, 0.717) is 5.11 Å². The van der Waals surface area contributed by atoms with Gasteiger partial charge in [0.2, 0.25) is 0 Å². The van der Waals surface area contributed by atoms with Crippen molar-refractivity contribution in [1.82, 2.24) is 14.9 Å². The van der Waals surface area contributed by atoms with Gasteiger partial charge in [-0.05, 0) is 86.2 Å². The van der Waals surface area contributed by atoms with Gasteiger partial charge >= 0.3 is 0 Å². The molecule has 2 atom stereocenters. The van der Waals surface area contributed by atoms with Crippen molar-refractivity contribution < 1.29 is 5.11 Å². The smallest absolute Gasteiger partial charge is 0.174 e. The van der Waals surface area contributed by atoms with Crippen LogP contribution in [0.3, 0.4) is 0 Å². The van der Waals surface area contributed by atoms with Crippen molar-refractivity contribution in [3.05, 3.63) is 102 Å². The second-order valence-corrected chi connectivity index (χ2v) is 9.44. The van der Waals surface area contributed by atoms with Crippen molar-refractivity contribution in [2.75, 3.05) is 23.9 Å². The number of nitrogens with zero attached hydrogens (tertiary/aromatic N) is 4. The Labute approximate surface area is 211 Å². The lowest BCUT2D eigenvalue weighted by molar-refractivity contribution is 0.471. The normalized spacial score (nSPS) is 17.5. The maximum absolute atomic E-state index is 10.6. The molecule has 1 saturated heterocycles. The van der Waals surface area contributed by atoms with Gasteiger partial charge in [-0.3, -0.25) is 4.98 Å². The molecule has 0 saturated carbocycles. The molecule has 1 aliphatic rings. The van der Waals surface area contributed by atoms with Gasteiger partial charge in [-0.1, -0.05) is 18.2 Å². The summed E-state index contributed by atoms with van der Waals surface area (Å²) in [5.74, 6) is 0.248. The lowest BCUT2D eigenvalue weighted by atomic mass is 9.96. The molecule has 2 N–H and O–H groups in total. The number of aromatic hydroxyl groups is 1. The van der Waals surface area contributed by atoms with E-state index in [9.17, 15) is 5.11 Å². The Hall–Kier alpha value is -3.84. The van der Waals surface area contributed by atoms with Gasteiger partial charge in [0, 0.05) is 43.1 Å². The highest BCUT2D eigenvalue weighted by Gasteiger charge is 2.42. The number of rotatable bonds is 5. The second-order valence-electron chi connectivity index (χ2n) is 9.06. The average molecular weight is 484 g/mol. The van der Waals surface area contributed by atoms with Gasteiger partial charge in [-0.15, -0.1) is 0 Å². The van der Waals surface area contributed by atoms with Crippen molar-refractivity contribution in [3.8, 4) is 11.4 Å². The van der Waals surface area contributed by atoms with Crippen LogP contribution in [-0.4, -0.2) is 33.9 Å². The molecule has 0 unspecified atom stereocenters. The second kappa shape index (κ2) is 9.07. The fourth-order valence-electron chi connectivity index (χ4n) is 4.97. The maximum Gasteiger partial charge on any atom is 0.174 e. The van der Waals surface area contributed by atoms with Crippen LogP contribution in [0.5, 0.6) is 5.75 Å². The van der Waals surface area contributed by atoms with E-state index in [0.717, 1.165) is 39.7 Å². The zero-order chi connectivity index (χ0) is 24.7. The Balaban J connectivity index is 1.67. The monoisotopic (exact) mass is 483 g/mol. The summed E-state index contributed by atoms with van der Waals surface area (Å²) in [5.41, 5.74) is 7.06. The van der Waals surface area contributed by atoms with E-state index < -0.39 is 0 Å². The van der Waals surface area contributed by atoms with Crippen LogP contribution in [0.15, 0.2) is 79.0 Å². The molecule has 7 heteroatoms. The Morgan fingerprint density at radius 2 is 1.69 bits per heavy atom. The van der Waals surface area contributed by atoms with Gasteiger partial charge in [-0.2, -0.15) is 0 Å². The third-order valence-corrected chi connectivity index (χ3v) is 6.97. The highest BCUT2D eigenvalue weighted by molar-refractivity contribution is 7.80. The summed E-state index contributed by atoms with van der Waals surface area (Å²) in [6.07, 6.45) is 1.82. The largest absolute Gasteiger partial charge is 0.506 e. The first-order chi connectivity index (χ1) is 16.9. The van der Waals surface area contributed by atoms with Crippen molar-refractivity contribution in [2.45, 2.75) is 25.9 Å². The zero-order valence-electron chi connectivity index (χ0n) is 20.3. The van der Waals surface area contributed by atoms with Gasteiger partial charge in [-0.25, -0.2) is 0 Å². The summed E-state index contributed by atoms with van der Waals surface area (Å²) in [4.78, 5) is 8.93. The Morgan fingerprint density at radius 3 is 2.34 bits per heavy atom. The van der Waals surface area contributed by atoms with Gasteiger partial charge in [0.1, 0.15) is 5.75 Å². The number of pyridine rings is 1. The molecular formula is C28H29N5OS. The van der Waals surface area contributed by atoms with Gasteiger partial charge in [0.25, 0.3) is 0 Å². The molecule has 5 rings (SSSR count). The topological polar surface area (TPSA) is 56.6 Å². The number of para-hydroxylation sites is 2. The third kappa shape index (κ3) is 4.02. The van der Waals surface area contributed by atoms with E-state index in [4.69, 9.17) is 12.2 Å². The van der Waals surface area contributed by atoms with Crippen LogP contribution >= 0.6 is 12.2 Å². The van der Waals surface area contributed by atoms with Crippen LogP contribution in [0, 0.1) is 13.8 Å². The van der Waals surface area contributed by atoms with Crippen molar-refractivity contribution >= 4 is 28.7 Å². The Bertz CT molecular complexity index is 1360. The van der Waals surface area contributed by atoms with E-state index in [1.165, 1.54) is 0 Å². The lowest BCUT2D eigenvalue weighted by Gasteiger charge is -2.28. The fourth-order valence-corrected chi connectivity index (χ4v) is 5.32. The number of anilines is 2. The number of benzene rings is 2. The first kappa shape index (κ1) is 22.9. The average Bonchev–Trinajstić information content (AvgIpc) is 3.35. The molecule has 0 spiro atoms. The van der Waals surface area contributed by atoms with Crippen LogP contribution in [0.4, 0.5) is 11.4 Å². The molecule has 0 amide bonds. The first-order valence-electron chi connectivity index (χ1n) is 11.6. The van der Waals surface area contributed by atoms with Gasteiger partial charge in [0.05, 0.1) is 23.5 Å². The molecule has 178 valence electrons. The predicted molar refractivity (Wildman–Crippen MR) is 146 cm³/mol. The molecule has 0 aliphatic carbocycles. The quantitative estimate of drug-likeness (QED) is 0.369. The molecule has 35 heavy (non-hydrogen) atoms. The molecule has 4 aromatic rings. The van der Waals surface area contributed by atoms with Crippen LogP contribution in [0.2, 0.25) is 0 Å². The minimum absolute atomic E-state index is 0.117. The fraction of sp³-hybridized carbons (Fsp3) is 0.214. The summed E-state index contributed by atoms with van der Waals surface area (Å²) in [6.45, 7) is 4.16. The molecular weight excluding hydrogens is 454 g/mol. The van der Waals surface area contributed by atoms with Crippen molar-refractivity contribution in [3.63, 3.8) is 0 Å². The molecule has 0 bridgehead atoms. The highest BCUT2D eigenvalue weighted by Crippen LogP contribution is 2.44. The van der Waals surface area contributed by atoms with Crippen LogP contribution in [0.1, 0.15) is 34.7 Å². The van der Waals surface area contributed by atoms with Crippen LogP contribution in [-0.2, 0) is 0 Å². The molecule has 3 heterocycles. The molecule has 0 radical (unpaired) electrons. The molecule has 1 aliphatic heterocycles. The van der Waals surface area contributed by atoms with E-state index >= 15 is 0 Å². The summed E-state index contributed by atoms with van der Waals surface area (Å²) >= 11 is 5.89. The summed E-state index contributed by atoms with van der Waals surface area (Å²) in [5, 5.41) is 14.8. The number of nitrogens with one attached hydrogen (secondary N) is 1. The summed E-state index contributed by atoms with van der Waals surface area (Å²) in [7, 11) is 4.07. The highest BCUT2D eigenvalue weighted by atomic mass is 32.1. The third-order valence-electron chi connectivity index (χ3n) is 6.65. The number of aromatic nitrogens is 2. The number of hydrogen-bond acceptors (Lipinski definition) is 4. The van der Waals surface area contributed by atoms with Crippen molar-refractivity contribution in [2.24, 2.45) is 0 Å². The SMILES string of the molecule is Cc1cc([C@H]2[C@H](c3ccccn3)NC(=S)N2c2ccc(N(C)C)cc2)c(C)n1-c1ccccc1O. The Kier molecular flexibility index (Phi) is 5.94. The molecule has 6 nitrogen and oxygen atoms in total. The Morgan fingerprint density at radius 1 is 0.971 bits per heavy atom. The summed E-state index contributed by atoms with van der Waals surface area (Å²) in [6, 6.07) is 23.8. The summed E-state index contributed by atoms with van der Waals surface area (Å²) < 4.78 is 2.11. The number of hydrogen-bond donors (Lipinski definition) is 2. The molecule has 1 fully saturated rings. The standard InChI is InChI=1S/C28H29N5OS/c1-18-17-22(19(2)32(18)24-10-5-6-11-25(24)34)27-26(23-9-7-8-16-29-23)30-28(35)33(27)21-14-12-20(13-15-21)31(3)4/h5-17,26-27,34H,1-4H3,(H,30,35)/t26-,27-/m0/s1. The van der Waals surface area contributed by atoms with E-state index in [1.54, 1.807) is 6.07 Å². The predicted octanol–water partition coefficient (Wildman–Crippen LogP) is 5.44. The minimum Gasteiger partial charge on any atom is -0.506 e. The first-order valence-corrected chi connectivity index (χ1v) is 12.0. The zero-order valence-corrected chi connectivity index (χ0v) is 21.1. The number of phenols is 1. The van der Waals surface area contributed by atoms with Gasteiger partial charge in [0.15, 0.2) is 5.11 Å². The van der Waals surface area contributed by atoms with E-state index in [-0.39, 0.29) is 17.8 Å². The molecule has 2 aromatic heterocycles. The van der Waals surface area contributed by atoms with Crippen LogP contribution in [0.25, 0.3) is 5.69 Å². The lowest BCUT2D eigenvalue weighted by Crippen LogP contribution is -2.29. The van der Waals surface area contributed by atoms with Crippen LogP contribution < -0.4 is 15.1 Å². The van der Waals surface area contributed by atoms with E-state index in [2.05, 4.69) is 68.8 Å². The maximum atomic E-state index is 10.6. The number of thiocarbonyl (C=S) groups is 1. The van der Waals surface area contributed by atoms with Crippen molar-refractivity contribution in [1.29, 1.82) is 0 Å². The molecule has 2 aromatic carbocycles. The van der Waals surface area contributed by atoms with E-state index in [1.807, 2.05) is 56.7 Å².